The van der Waals surface area contributed by atoms with Gasteiger partial charge in [0.25, 0.3) is 0 Å². The Bertz CT molecular complexity index is 1180. The fourth-order valence-electron chi connectivity index (χ4n) is 4.26. The van der Waals surface area contributed by atoms with Crippen LogP contribution in [0.4, 0.5) is 4.79 Å². The third kappa shape index (κ3) is 5.28. The number of likely N-dealkylation sites (N-methyl/N-ethyl adjacent to an activating group) is 1. The van der Waals surface area contributed by atoms with E-state index in [4.69, 9.17) is 5.11 Å². The van der Waals surface area contributed by atoms with E-state index in [9.17, 15) is 19.8 Å². The number of benzene rings is 3. The molecule has 9 nitrogen and oxygen atoms in total. The largest absolute Gasteiger partial charge is 0.504 e. The van der Waals surface area contributed by atoms with Gasteiger partial charge in [-0.15, -0.1) is 0 Å². The number of rotatable bonds is 1. The Labute approximate surface area is 196 Å². The first-order chi connectivity index (χ1) is 16.2. The van der Waals surface area contributed by atoms with Gasteiger partial charge in [-0.05, 0) is 60.3 Å². The molecule has 9 heteroatoms. The Morgan fingerprint density at radius 2 is 1.68 bits per heavy atom. The number of amides is 1. The molecule has 0 unspecified atom stereocenters. The number of aromatic hydroxyl groups is 2. The summed E-state index contributed by atoms with van der Waals surface area (Å²) in [6, 6.07) is 18.5. The van der Waals surface area contributed by atoms with Crippen LogP contribution in [0.2, 0.25) is 0 Å². The highest BCUT2D eigenvalue weighted by Crippen LogP contribution is 2.49. The number of phenols is 2. The summed E-state index contributed by atoms with van der Waals surface area (Å²) >= 11 is 0. The summed E-state index contributed by atoms with van der Waals surface area (Å²) < 4.78 is 0. The number of fused-ring (bicyclic) bond motifs is 2. The van der Waals surface area contributed by atoms with Crippen LogP contribution in [0.3, 0.4) is 0 Å². The number of aromatic carboxylic acids is 1. The summed E-state index contributed by atoms with van der Waals surface area (Å²) in [5.41, 5.74) is 10.3. The third-order valence-corrected chi connectivity index (χ3v) is 5.86. The van der Waals surface area contributed by atoms with E-state index in [1.807, 2.05) is 6.07 Å². The maximum Gasteiger partial charge on any atom is 0.423 e. The number of hydrogen-bond donors (Lipinski definition) is 5. The number of carboxylic acid groups (broad SMARTS) is 1. The van der Waals surface area contributed by atoms with Crippen LogP contribution in [0.25, 0.3) is 11.1 Å². The van der Waals surface area contributed by atoms with Gasteiger partial charge < -0.3 is 25.9 Å². The van der Waals surface area contributed by atoms with Gasteiger partial charge in [0, 0.05) is 18.2 Å². The second kappa shape index (κ2) is 10.7. The zero-order valence-electron chi connectivity index (χ0n) is 18.6. The second-order valence-electron chi connectivity index (χ2n) is 7.90. The van der Waals surface area contributed by atoms with E-state index in [0.717, 1.165) is 36.1 Å². The molecule has 3 aromatic carbocycles. The zero-order valence-corrected chi connectivity index (χ0v) is 18.6. The summed E-state index contributed by atoms with van der Waals surface area (Å²) in [6.07, 6.45) is 0.972. The van der Waals surface area contributed by atoms with E-state index in [-0.39, 0.29) is 11.5 Å². The second-order valence-corrected chi connectivity index (χ2v) is 7.90. The molecule has 0 spiro atoms. The lowest BCUT2D eigenvalue weighted by Gasteiger charge is -2.39. The van der Waals surface area contributed by atoms with Gasteiger partial charge in [-0.2, -0.15) is 5.90 Å². The quantitative estimate of drug-likeness (QED) is 0.271. The summed E-state index contributed by atoms with van der Waals surface area (Å²) in [5, 5.41) is 28.4. The van der Waals surface area contributed by atoms with E-state index in [2.05, 4.69) is 46.6 Å². The molecular weight excluding hydrogens is 438 g/mol. The molecule has 0 aromatic heterocycles. The summed E-state index contributed by atoms with van der Waals surface area (Å²) in [5.74, 6) is 3.30. The maximum absolute atomic E-state index is 10.3. The van der Waals surface area contributed by atoms with E-state index in [0.29, 0.717) is 11.6 Å². The standard InChI is InChI=1S/C17H17NO2.C7H6O2.CH4N2O2/c1-18-8-7-10-3-2-4-12-15(10)13(18)9-11-5-6-14(19)17(20)16(11)12;8-7(9)6-4-2-1-3-5-6;2-1(4)5-3/h2-6,13,19-20H,7-9H2,1H3;1-5H,(H,8,9);3H2,(H2,2,4)/t13-;;/m1../s1. The molecule has 34 heavy (non-hydrogen) atoms. The van der Waals surface area contributed by atoms with Crippen LogP contribution in [0, 0.1) is 0 Å². The number of carbonyl (C=O) groups is 2. The molecule has 1 aliphatic heterocycles. The van der Waals surface area contributed by atoms with Crippen molar-refractivity contribution in [1.82, 2.24) is 4.90 Å². The van der Waals surface area contributed by atoms with Crippen molar-refractivity contribution in [2.45, 2.75) is 18.9 Å². The Hall–Kier alpha value is -4.08. The molecule has 0 fully saturated rings. The molecule has 1 heterocycles. The van der Waals surface area contributed by atoms with Crippen molar-refractivity contribution >= 4 is 12.1 Å². The molecule has 3 aromatic rings. The predicted octanol–water partition coefficient (Wildman–Crippen LogP) is 3.19. The van der Waals surface area contributed by atoms with Crippen molar-refractivity contribution in [3.8, 4) is 22.6 Å². The lowest BCUT2D eigenvalue weighted by Crippen LogP contribution is -2.35. The number of primary amides is 1. The normalized spacial score (nSPS) is 15.3. The van der Waals surface area contributed by atoms with Gasteiger partial charge in [-0.25, -0.2) is 9.59 Å². The molecular formula is C25H27N3O6. The molecule has 5 rings (SSSR count). The molecule has 178 valence electrons. The highest BCUT2D eigenvalue weighted by molar-refractivity contribution is 5.87. The fourth-order valence-corrected chi connectivity index (χ4v) is 4.26. The van der Waals surface area contributed by atoms with Gasteiger partial charge >= 0.3 is 12.1 Å². The molecule has 0 saturated carbocycles. The first-order valence-corrected chi connectivity index (χ1v) is 10.5. The van der Waals surface area contributed by atoms with Gasteiger partial charge in [0.15, 0.2) is 11.5 Å². The van der Waals surface area contributed by atoms with Crippen molar-refractivity contribution < 1.29 is 29.7 Å². The summed E-state index contributed by atoms with van der Waals surface area (Å²) in [7, 11) is 2.16. The highest BCUT2D eigenvalue weighted by atomic mass is 16.7. The molecule has 2 aliphatic rings. The van der Waals surface area contributed by atoms with Crippen molar-refractivity contribution in [3.63, 3.8) is 0 Å². The van der Waals surface area contributed by atoms with Gasteiger partial charge in [0.05, 0.1) is 5.56 Å². The average molecular weight is 466 g/mol. The Morgan fingerprint density at radius 3 is 2.26 bits per heavy atom. The minimum Gasteiger partial charge on any atom is -0.504 e. The first kappa shape index (κ1) is 24.6. The van der Waals surface area contributed by atoms with Crippen LogP contribution in [-0.4, -0.2) is 45.9 Å². The number of carboxylic acids is 1. The third-order valence-electron chi connectivity index (χ3n) is 5.86. The van der Waals surface area contributed by atoms with Crippen LogP contribution >= 0.6 is 0 Å². The van der Waals surface area contributed by atoms with E-state index >= 15 is 0 Å². The van der Waals surface area contributed by atoms with Gasteiger partial charge in [0.2, 0.25) is 0 Å². The van der Waals surface area contributed by atoms with E-state index < -0.39 is 12.1 Å². The van der Waals surface area contributed by atoms with Gasteiger partial charge in [-0.1, -0.05) is 42.5 Å². The minimum atomic E-state index is -0.968. The summed E-state index contributed by atoms with van der Waals surface area (Å²) in [6.45, 7) is 1.07. The van der Waals surface area contributed by atoms with Gasteiger partial charge in [0.1, 0.15) is 0 Å². The first-order valence-electron chi connectivity index (χ1n) is 10.5. The maximum atomic E-state index is 10.3. The zero-order chi connectivity index (χ0) is 24.8. The van der Waals surface area contributed by atoms with Crippen LogP contribution in [0.5, 0.6) is 11.5 Å². The average Bonchev–Trinajstić information content (AvgIpc) is 2.85. The van der Waals surface area contributed by atoms with Crippen molar-refractivity contribution in [2.75, 3.05) is 13.6 Å². The molecule has 0 saturated heterocycles. The smallest absolute Gasteiger partial charge is 0.423 e. The monoisotopic (exact) mass is 465 g/mol. The molecule has 1 aliphatic carbocycles. The van der Waals surface area contributed by atoms with Crippen LogP contribution < -0.4 is 11.6 Å². The number of hydrogen-bond acceptors (Lipinski definition) is 7. The number of nitrogens with two attached hydrogens (primary N) is 2. The van der Waals surface area contributed by atoms with Crippen molar-refractivity contribution in [1.29, 1.82) is 0 Å². The summed E-state index contributed by atoms with van der Waals surface area (Å²) in [4.78, 5) is 25.2. The topological polar surface area (TPSA) is 159 Å². The van der Waals surface area contributed by atoms with E-state index in [1.54, 1.807) is 36.4 Å². The minimum absolute atomic E-state index is 0.0163. The highest BCUT2D eigenvalue weighted by Gasteiger charge is 2.34. The Kier molecular flexibility index (Phi) is 7.72. The van der Waals surface area contributed by atoms with Crippen molar-refractivity contribution in [3.05, 3.63) is 82.9 Å². The lowest BCUT2D eigenvalue weighted by atomic mass is 9.77. The predicted molar refractivity (Wildman–Crippen MR) is 126 cm³/mol. The number of carbonyl (C=O) groups excluding carboxylic acids is 1. The fraction of sp³-hybridized carbons (Fsp3) is 0.200. The lowest BCUT2D eigenvalue weighted by molar-refractivity contribution is 0.0696. The van der Waals surface area contributed by atoms with Crippen molar-refractivity contribution in [2.24, 2.45) is 11.6 Å². The van der Waals surface area contributed by atoms with Crippen LogP contribution in [-0.2, 0) is 17.7 Å². The molecule has 0 radical (unpaired) electrons. The van der Waals surface area contributed by atoms with Gasteiger partial charge in [-0.3, -0.25) is 4.90 Å². The van der Waals surface area contributed by atoms with E-state index in [1.165, 1.54) is 11.1 Å². The SMILES string of the molecule is CN1CCc2cccc3c2[C@H]1Cc1ccc(O)c(O)c1-3.NOC(N)=O.O=C(O)c1ccccc1. The number of nitrogens with zero attached hydrogens (tertiary/aromatic N) is 1. The number of phenolic OH excluding ortho intramolecular Hbond substituents is 2. The Morgan fingerprint density at radius 1 is 1.00 bits per heavy atom. The molecule has 7 N–H and O–H groups in total. The Balaban J connectivity index is 0.000000193. The molecule has 1 atom stereocenters. The van der Waals surface area contributed by atoms with Crippen LogP contribution in [0.15, 0.2) is 60.7 Å². The molecule has 1 amide bonds. The molecule has 0 bridgehead atoms. The van der Waals surface area contributed by atoms with Crippen LogP contribution in [0.1, 0.15) is 33.1 Å².